The molecule has 0 aliphatic heterocycles. The largest absolute Gasteiger partial charge is 0.324 e. The van der Waals surface area contributed by atoms with E-state index in [1.165, 1.54) is 11.1 Å². The van der Waals surface area contributed by atoms with Crippen molar-refractivity contribution < 1.29 is 4.79 Å². The SMILES string of the molecule is CC(NC1CCCc2ccccc21)C(=O)Nc1ccccc1-c1ccccc1. The van der Waals surface area contributed by atoms with Crippen LogP contribution >= 0.6 is 0 Å². The molecule has 0 fully saturated rings. The molecule has 0 saturated heterocycles. The van der Waals surface area contributed by atoms with E-state index in [1.54, 1.807) is 0 Å². The van der Waals surface area contributed by atoms with Gasteiger partial charge in [0.15, 0.2) is 0 Å². The predicted octanol–water partition coefficient (Wildman–Crippen LogP) is 5.35. The Morgan fingerprint density at radius 1 is 0.929 bits per heavy atom. The standard InChI is InChI=1S/C25H26N2O/c1-18(26-23-17-9-13-20-12-5-6-14-21(20)23)25(28)27-24-16-8-7-15-22(24)19-10-3-2-4-11-19/h2-8,10-12,14-16,18,23,26H,9,13,17H2,1H3,(H,27,28). The highest BCUT2D eigenvalue weighted by atomic mass is 16.2. The van der Waals surface area contributed by atoms with Gasteiger partial charge in [-0.05, 0) is 48.9 Å². The monoisotopic (exact) mass is 370 g/mol. The lowest BCUT2D eigenvalue weighted by Gasteiger charge is -2.29. The molecule has 0 spiro atoms. The van der Waals surface area contributed by atoms with Gasteiger partial charge in [-0.25, -0.2) is 0 Å². The van der Waals surface area contributed by atoms with E-state index >= 15 is 0 Å². The van der Waals surface area contributed by atoms with Gasteiger partial charge in [0.05, 0.1) is 6.04 Å². The first-order valence-corrected chi connectivity index (χ1v) is 10.0. The van der Waals surface area contributed by atoms with E-state index in [2.05, 4.69) is 47.0 Å². The molecule has 0 aromatic heterocycles. The number of rotatable bonds is 5. The molecule has 0 heterocycles. The highest BCUT2D eigenvalue weighted by molar-refractivity contribution is 5.98. The van der Waals surface area contributed by atoms with Gasteiger partial charge in [-0.3, -0.25) is 10.1 Å². The normalized spacial score (nSPS) is 16.8. The number of para-hydroxylation sites is 1. The van der Waals surface area contributed by atoms with Crippen LogP contribution in [0, 0.1) is 0 Å². The number of benzene rings is 3. The fraction of sp³-hybridized carbons (Fsp3) is 0.240. The molecule has 3 aromatic rings. The van der Waals surface area contributed by atoms with Crippen molar-refractivity contribution in [3.63, 3.8) is 0 Å². The van der Waals surface area contributed by atoms with Gasteiger partial charge in [0, 0.05) is 17.3 Å². The molecule has 1 aliphatic rings. The minimum atomic E-state index is -0.278. The summed E-state index contributed by atoms with van der Waals surface area (Å²) in [5.41, 5.74) is 5.70. The molecule has 1 amide bonds. The van der Waals surface area contributed by atoms with Crippen LogP contribution in [0.3, 0.4) is 0 Å². The van der Waals surface area contributed by atoms with Crippen LogP contribution in [0.5, 0.6) is 0 Å². The molecule has 0 radical (unpaired) electrons. The molecule has 1 aliphatic carbocycles. The topological polar surface area (TPSA) is 41.1 Å². The van der Waals surface area contributed by atoms with E-state index in [0.717, 1.165) is 36.1 Å². The summed E-state index contributed by atoms with van der Waals surface area (Å²) in [4.78, 5) is 12.9. The molecule has 2 unspecified atom stereocenters. The first kappa shape index (κ1) is 18.5. The molecule has 142 valence electrons. The van der Waals surface area contributed by atoms with E-state index in [4.69, 9.17) is 0 Å². The molecular formula is C25H26N2O. The number of hydrogen-bond acceptors (Lipinski definition) is 2. The molecular weight excluding hydrogens is 344 g/mol. The van der Waals surface area contributed by atoms with E-state index in [0.29, 0.717) is 0 Å². The summed E-state index contributed by atoms with van der Waals surface area (Å²) in [5, 5.41) is 6.66. The Bertz CT molecular complexity index is 952. The van der Waals surface area contributed by atoms with Crippen LogP contribution in [0.2, 0.25) is 0 Å². The molecule has 3 nitrogen and oxygen atoms in total. The van der Waals surface area contributed by atoms with Crippen LogP contribution in [-0.2, 0) is 11.2 Å². The molecule has 2 N–H and O–H groups in total. The number of anilines is 1. The second-order valence-electron chi connectivity index (χ2n) is 7.43. The third kappa shape index (κ3) is 4.00. The van der Waals surface area contributed by atoms with Crippen LogP contribution in [0.1, 0.15) is 36.9 Å². The number of carbonyl (C=O) groups is 1. The van der Waals surface area contributed by atoms with Gasteiger partial charge in [0.25, 0.3) is 0 Å². The lowest BCUT2D eigenvalue weighted by molar-refractivity contribution is -0.118. The Kier molecular flexibility index (Phi) is 5.54. The molecule has 3 aromatic carbocycles. The summed E-state index contributed by atoms with van der Waals surface area (Å²) in [6.45, 7) is 1.94. The van der Waals surface area contributed by atoms with Crippen molar-refractivity contribution in [1.82, 2.24) is 5.32 Å². The second-order valence-corrected chi connectivity index (χ2v) is 7.43. The summed E-state index contributed by atoms with van der Waals surface area (Å²) < 4.78 is 0. The van der Waals surface area contributed by atoms with Crippen LogP contribution in [0.15, 0.2) is 78.9 Å². The van der Waals surface area contributed by atoms with Gasteiger partial charge < -0.3 is 5.32 Å². The lowest BCUT2D eigenvalue weighted by atomic mass is 9.87. The highest BCUT2D eigenvalue weighted by Gasteiger charge is 2.24. The Labute approximate surface area is 166 Å². The van der Waals surface area contributed by atoms with Crippen molar-refractivity contribution in [2.45, 2.75) is 38.3 Å². The van der Waals surface area contributed by atoms with Crippen LogP contribution in [0.4, 0.5) is 5.69 Å². The molecule has 2 atom stereocenters. The summed E-state index contributed by atoms with van der Waals surface area (Å²) >= 11 is 0. The van der Waals surface area contributed by atoms with Crippen molar-refractivity contribution in [1.29, 1.82) is 0 Å². The number of nitrogens with one attached hydrogen (secondary N) is 2. The third-order valence-corrected chi connectivity index (χ3v) is 5.48. The van der Waals surface area contributed by atoms with E-state index in [9.17, 15) is 4.79 Å². The fourth-order valence-electron chi connectivity index (χ4n) is 4.01. The second kappa shape index (κ2) is 8.41. The molecule has 0 saturated carbocycles. The number of aryl methyl sites for hydroxylation is 1. The van der Waals surface area contributed by atoms with Gasteiger partial charge in [0.2, 0.25) is 5.91 Å². The Hall–Kier alpha value is -2.91. The number of fused-ring (bicyclic) bond motifs is 1. The number of hydrogen-bond donors (Lipinski definition) is 2. The van der Waals surface area contributed by atoms with Crippen molar-refractivity contribution in [2.75, 3.05) is 5.32 Å². The maximum absolute atomic E-state index is 12.9. The minimum absolute atomic E-state index is 0.00793. The molecule has 28 heavy (non-hydrogen) atoms. The van der Waals surface area contributed by atoms with Crippen molar-refractivity contribution >= 4 is 11.6 Å². The van der Waals surface area contributed by atoms with Gasteiger partial charge in [-0.15, -0.1) is 0 Å². The molecule has 0 bridgehead atoms. The summed E-state index contributed by atoms with van der Waals surface area (Å²) in [6, 6.07) is 26.6. The smallest absolute Gasteiger partial charge is 0.241 e. The van der Waals surface area contributed by atoms with Gasteiger partial charge in [-0.1, -0.05) is 72.8 Å². The van der Waals surface area contributed by atoms with Crippen LogP contribution in [0.25, 0.3) is 11.1 Å². The lowest BCUT2D eigenvalue weighted by Crippen LogP contribution is -2.41. The quantitative estimate of drug-likeness (QED) is 0.636. The van der Waals surface area contributed by atoms with Crippen molar-refractivity contribution in [3.05, 3.63) is 90.0 Å². The summed E-state index contributed by atoms with van der Waals surface area (Å²) in [7, 11) is 0. The molecule has 3 heteroatoms. The zero-order valence-corrected chi connectivity index (χ0v) is 16.2. The number of carbonyl (C=O) groups excluding carboxylic acids is 1. The van der Waals surface area contributed by atoms with E-state index in [-0.39, 0.29) is 18.0 Å². The summed E-state index contributed by atoms with van der Waals surface area (Å²) in [6.07, 6.45) is 3.34. The average molecular weight is 370 g/mol. The zero-order valence-electron chi connectivity index (χ0n) is 16.2. The van der Waals surface area contributed by atoms with Crippen LogP contribution in [-0.4, -0.2) is 11.9 Å². The van der Waals surface area contributed by atoms with Crippen molar-refractivity contribution in [3.8, 4) is 11.1 Å². The van der Waals surface area contributed by atoms with Gasteiger partial charge >= 0.3 is 0 Å². The van der Waals surface area contributed by atoms with Gasteiger partial charge in [0.1, 0.15) is 0 Å². The van der Waals surface area contributed by atoms with Crippen LogP contribution < -0.4 is 10.6 Å². The first-order valence-electron chi connectivity index (χ1n) is 10.0. The Balaban J connectivity index is 1.48. The fourth-order valence-corrected chi connectivity index (χ4v) is 4.01. The zero-order chi connectivity index (χ0) is 19.3. The first-order chi connectivity index (χ1) is 13.7. The van der Waals surface area contributed by atoms with Gasteiger partial charge in [-0.2, -0.15) is 0 Å². The number of amides is 1. The third-order valence-electron chi connectivity index (χ3n) is 5.48. The Morgan fingerprint density at radius 2 is 1.64 bits per heavy atom. The molecule has 4 rings (SSSR count). The average Bonchev–Trinajstić information content (AvgIpc) is 2.75. The summed E-state index contributed by atoms with van der Waals surface area (Å²) in [5.74, 6) is -0.00793. The minimum Gasteiger partial charge on any atom is -0.324 e. The maximum Gasteiger partial charge on any atom is 0.241 e. The highest BCUT2D eigenvalue weighted by Crippen LogP contribution is 2.30. The van der Waals surface area contributed by atoms with E-state index in [1.807, 2.05) is 49.4 Å². The van der Waals surface area contributed by atoms with Crippen molar-refractivity contribution in [2.24, 2.45) is 0 Å². The predicted molar refractivity (Wildman–Crippen MR) is 115 cm³/mol. The Morgan fingerprint density at radius 3 is 2.50 bits per heavy atom. The maximum atomic E-state index is 12.9. The van der Waals surface area contributed by atoms with E-state index < -0.39 is 0 Å².